The lowest BCUT2D eigenvalue weighted by molar-refractivity contribution is -0.00774. The number of fused-ring (bicyclic) bond motifs is 1. The number of nitrogens with zero attached hydrogens (tertiary/aromatic N) is 4. The fourth-order valence-corrected chi connectivity index (χ4v) is 3.51. The number of aryl methyl sites for hydroxylation is 1. The molecular weight excluding hydrogens is 322 g/mol. The molecular formula is C17H25N5O3. The summed E-state index contributed by atoms with van der Waals surface area (Å²) in [5.41, 5.74) is 0.114. The van der Waals surface area contributed by atoms with Crippen molar-refractivity contribution in [1.82, 2.24) is 24.0 Å². The van der Waals surface area contributed by atoms with Gasteiger partial charge in [0.15, 0.2) is 5.65 Å². The normalized spacial score (nSPS) is 21.9. The van der Waals surface area contributed by atoms with E-state index in [9.17, 15) is 9.59 Å². The average Bonchev–Trinajstić information content (AvgIpc) is 3.35. The summed E-state index contributed by atoms with van der Waals surface area (Å²) in [4.78, 5) is 34.2. The zero-order valence-electron chi connectivity index (χ0n) is 14.8. The lowest BCUT2D eigenvalue weighted by atomic mass is 10.1. The first kappa shape index (κ1) is 16.5. The minimum absolute atomic E-state index is 0.288. The van der Waals surface area contributed by atoms with Crippen molar-refractivity contribution in [3.05, 3.63) is 26.7 Å². The number of piperidine rings is 1. The van der Waals surface area contributed by atoms with E-state index >= 15 is 0 Å². The Morgan fingerprint density at radius 1 is 1.20 bits per heavy atom. The van der Waals surface area contributed by atoms with Gasteiger partial charge in [0, 0.05) is 27.2 Å². The van der Waals surface area contributed by atoms with Crippen LogP contribution < -0.4 is 11.2 Å². The molecule has 0 bridgehead atoms. The fraction of sp³-hybridized carbons (Fsp3) is 0.706. The molecule has 1 atom stereocenters. The van der Waals surface area contributed by atoms with Crippen LogP contribution in [-0.4, -0.2) is 49.8 Å². The third-order valence-corrected chi connectivity index (χ3v) is 5.24. The summed E-state index contributed by atoms with van der Waals surface area (Å²) in [7, 11) is 3.12. The zero-order chi connectivity index (χ0) is 17.6. The van der Waals surface area contributed by atoms with E-state index in [1.807, 2.05) is 0 Å². The van der Waals surface area contributed by atoms with Crippen LogP contribution in [-0.2, 0) is 25.4 Å². The highest BCUT2D eigenvalue weighted by Gasteiger charge is 2.26. The molecule has 1 aliphatic heterocycles. The predicted octanol–water partition coefficient (Wildman–Crippen LogP) is 0.351. The Morgan fingerprint density at radius 3 is 2.76 bits per heavy atom. The first-order valence-corrected chi connectivity index (χ1v) is 9.01. The van der Waals surface area contributed by atoms with Gasteiger partial charge in [-0.05, 0) is 38.1 Å². The Morgan fingerprint density at radius 2 is 2.00 bits per heavy atom. The molecule has 2 aromatic heterocycles. The Bertz CT molecular complexity index is 892. The molecule has 2 aromatic rings. The van der Waals surface area contributed by atoms with Gasteiger partial charge < -0.3 is 9.72 Å². The minimum atomic E-state index is -0.359. The molecule has 1 aliphatic carbocycles. The van der Waals surface area contributed by atoms with E-state index in [2.05, 4.69) is 14.9 Å². The maximum absolute atomic E-state index is 12.3. The molecule has 0 spiro atoms. The van der Waals surface area contributed by atoms with Gasteiger partial charge in [-0.1, -0.05) is 0 Å². The average molecular weight is 347 g/mol. The largest absolute Gasteiger partial charge is 0.377 e. The molecule has 136 valence electrons. The fourth-order valence-electron chi connectivity index (χ4n) is 3.51. The van der Waals surface area contributed by atoms with Gasteiger partial charge in [-0.3, -0.25) is 18.8 Å². The smallest absolute Gasteiger partial charge is 0.332 e. The van der Waals surface area contributed by atoms with Gasteiger partial charge in [-0.2, -0.15) is 0 Å². The molecule has 1 N–H and O–H groups in total. The number of hydrogen-bond donors (Lipinski definition) is 1. The van der Waals surface area contributed by atoms with E-state index in [0.29, 0.717) is 17.7 Å². The van der Waals surface area contributed by atoms with Crippen molar-refractivity contribution in [1.29, 1.82) is 0 Å². The summed E-state index contributed by atoms with van der Waals surface area (Å²) in [5, 5.41) is 0. The number of rotatable bonds is 5. The minimum Gasteiger partial charge on any atom is -0.377 e. The van der Waals surface area contributed by atoms with E-state index < -0.39 is 0 Å². The molecule has 8 nitrogen and oxygen atoms in total. The van der Waals surface area contributed by atoms with Crippen LogP contribution in [0.15, 0.2) is 9.59 Å². The van der Waals surface area contributed by atoms with Gasteiger partial charge in [-0.25, -0.2) is 9.78 Å². The van der Waals surface area contributed by atoms with Gasteiger partial charge in [0.25, 0.3) is 5.56 Å². The first-order valence-electron chi connectivity index (χ1n) is 9.01. The summed E-state index contributed by atoms with van der Waals surface area (Å²) in [6, 6.07) is 0. The summed E-state index contributed by atoms with van der Waals surface area (Å²) in [6.45, 7) is 3.41. The second kappa shape index (κ2) is 6.42. The molecule has 0 aromatic carbocycles. The van der Waals surface area contributed by atoms with Crippen molar-refractivity contribution in [2.75, 3.05) is 19.7 Å². The van der Waals surface area contributed by atoms with Crippen molar-refractivity contribution >= 4 is 11.2 Å². The van der Waals surface area contributed by atoms with Crippen LogP contribution in [0.3, 0.4) is 0 Å². The molecule has 25 heavy (non-hydrogen) atoms. The number of H-pyrrole nitrogens is 1. The molecule has 3 heterocycles. The monoisotopic (exact) mass is 347 g/mol. The Kier molecular flexibility index (Phi) is 4.24. The second-order valence-electron chi connectivity index (χ2n) is 7.36. The van der Waals surface area contributed by atoms with Crippen molar-refractivity contribution in [2.24, 2.45) is 20.0 Å². The Hall–Kier alpha value is -1.93. The molecule has 0 amide bonds. The van der Waals surface area contributed by atoms with E-state index in [-0.39, 0.29) is 17.4 Å². The van der Waals surface area contributed by atoms with Gasteiger partial charge in [-0.15, -0.1) is 0 Å². The van der Waals surface area contributed by atoms with Gasteiger partial charge in [0.1, 0.15) is 11.3 Å². The third kappa shape index (κ3) is 3.28. The summed E-state index contributed by atoms with van der Waals surface area (Å²) >= 11 is 0. The number of likely N-dealkylation sites (tertiary alicyclic amines) is 1. The van der Waals surface area contributed by atoms with Gasteiger partial charge >= 0.3 is 5.69 Å². The van der Waals surface area contributed by atoms with Gasteiger partial charge in [0.2, 0.25) is 0 Å². The number of ether oxygens (including phenoxy) is 1. The molecule has 4 rings (SSSR count). The van der Waals surface area contributed by atoms with Crippen LogP contribution in [0.4, 0.5) is 0 Å². The van der Waals surface area contributed by atoms with E-state index in [1.54, 1.807) is 7.05 Å². The first-order chi connectivity index (χ1) is 12.0. The number of imidazole rings is 1. The SMILES string of the molecule is Cn1c(=O)c2[nH]c(CN3CCCC(OCC4CC4)C3)nc2n(C)c1=O. The summed E-state index contributed by atoms with van der Waals surface area (Å²) in [5.74, 6) is 1.50. The molecule has 2 fully saturated rings. The Labute approximate surface area is 145 Å². The lowest BCUT2D eigenvalue weighted by Crippen LogP contribution is -2.39. The number of nitrogens with one attached hydrogen (secondary N) is 1. The molecule has 1 saturated heterocycles. The van der Waals surface area contributed by atoms with Crippen molar-refractivity contribution < 1.29 is 4.74 Å². The van der Waals surface area contributed by atoms with Crippen LogP contribution in [0, 0.1) is 5.92 Å². The summed E-state index contributed by atoms with van der Waals surface area (Å²) < 4.78 is 8.55. The van der Waals surface area contributed by atoms with E-state index in [0.717, 1.165) is 48.8 Å². The highest BCUT2D eigenvalue weighted by atomic mass is 16.5. The van der Waals surface area contributed by atoms with Gasteiger partial charge in [0.05, 0.1) is 12.6 Å². The van der Waals surface area contributed by atoms with Crippen molar-refractivity contribution in [3.63, 3.8) is 0 Å². The van der Waals surface area contributed by atoms with E-state index in [4.69, 9.17) is 4.74 Å². The molecule has 1 unspecified atom stereocenters. The Balaban J connectivity index is 1.50. The second-order valence-corrected chi connectivity index (χ2v) is 7.36. The predicted molar refractivity (Wildman–Crippen MR) is 93.6 cm³/mol. The van der Waals surface area contributed by atoms with Crippen molar-refractivity contribution in [3.8, 4) is 0 Å². The number of aromatic nitrogens is 4. The lowest BCUT2D eigenvalue weighted by Gasteiger charge is -2.32. The summed E-state index contributed by atoms with van der Waals surface area (Å²) in [6.07, 6.45) is 5.12. The molecule has 0 radical (unpaired) electrons. The standard InChI is InChI=1S/C17H25N5O3/c1-20-15-14(16(23)21(2)17(20)24)18-13(19-15)9-22-7-3-4-12(8-22)25-10-11-5-6-11/h11-12H,3-10H2,1-2H3,(H,18,19). The van der Waals surface area contributed by atoms with Crippen LogP contribution >= 0.6 is 0 Å². The topological polar surface area (TPSA) is 85.2 Å². The van der Waals surface area contributed by atoms with Crippen molar-refractivity contribution in [2.45, 2.75) is 38.3 Å². The molecule has 8 heteroatoms. The van der Waals surface area contributed by atoms with Crippen LogP contribution in [0.25, 0.3) is 11.2 Å². The molecule has 2 aliphatic rings. The number of aromatic amines is 1. The maximum atomic E-state index is 12.3. The highest BCUT2D eigenvalue weighted by molar-refractivity contribution is 5.69. The van der Waals surface area contributed by atoms with E-state index in [1.165, 1.54) is 24.5 Å². The van der Waals surface area contributed by atoms with Crippen LogP contribution in [0.1, 0.15) is 31.5 Å². The highest BCUT2D eigenvalue weighted by Crippen LogP contribution is 2.30. The quantitative estimate of drug-likeness (QED) is 0.844. The van der Waals surface area contributed by atoms with Crippen LogP contribution in [0.5, 0.6) is 0 Å². The molecule has 1 saturated carbocycles. The maximum Gasteiger partial charge on any atom is 0.332 e. The van der Waals surface area contributed by atoms with Crippen LogP contribution in [0.2, 0.25) is 0 Å². The zero-order valence-corrected chi connectivity index (χ0v) is 14.8. The number of hydrogen-bond acceptors (Lipinski definition) is 5. The third-order valence-electron chi connectivity index (χ3n) is 5.24.